The molecule has 0 aliphatic heterocycles. The van der Waals surface area contributed by atoms with Crippen LogP contribution in [-0.2, 0) is 16.0 Å². The lowest BCUT2D eigenvalue weighted by Gasteiger charge is -2.06. The number of carbonyl (C=O) groups excluding carboxylic acids is 2. The van der Waals surface area contributed by atoms with E-state index in [1.807, 2.05) is 25.1 Å². The Labute approximate surface area is 97.0 Å². The lowest BCUT2D eigenvalue weighted by atomic mass is 10.1. The molecule has 0 aliphatic rings. The van der Waals surface area contributed by atoms with Crippen molar-refractivity contribution in [3.8, 4) is 0 Å². The van der Waals surface area contributed by atoms with Crippen LogP contribution < -0.4 is 5.32 Å². The Morgan fingerprint density at radius 2 is 2.27 bits per heavy atom. The fourth-order valence-corrected chi connectivity index (χ4v) is 1.68. The first-order valence-electron chi connectivity index (χ1n) is 4.61. The predicted molar refractivity (Wildman–Crippen MR) is 61.7 cm³/mol. The van der Waals surface area contributed by atoms with Crippen molar-refractivity contribution in [1.82, 2.24) is 5.32 Å². The highest BCUT2D eigenvalue weighted by Crippen LogP contribution is 2.16. The van der Waals surface area contributed by atoms with Crippen LogP contribution in [0.5, 0.6) is 0 Å². The fraction of sp³-hybridized carbons (Fsp3) is 0.273. The topological polar surface area (TPSA) is 46.2 Å². The Bertz CT molecular complexity index is 377. The third kappa shape index (κ3) is 3.83. The molecule has 1 N–H and O–H groups in total. The van der Waals surface area contributed by atoms with E-state index in [0.29, 0.717) is 6.54 Å². The molecule has 1 rings (SSSR count). The van der Waals surface area contributed by atoms with Gasteiger partial charge in [0.05, 0.1) is 0 Å². The number of hydrogen-bond donors (Lipinski definition) is 1. The molecular weight excluding hydrogens is 258 g/mol. The van der Waals surface area contributed by atoms with E-state index in [4.69, 9.17) is 0 Å². The summed E-state index contributed by atoms with van der Waals surface area (Å²) in [6.07, 6.45) is 1.01. The standard InChI is InChI=1S/C11H12BrNO2/c1-8-2-3-10(12)6-9(8)4-5-13-11(15)7-14/h2-3,6-7H,4-5H2,1H3,(H,13,15). The van der Waals surface area contributed by atoms with Gasteiger partial charge in [-0.05, 0) is 36.6 Å². The summed E-state index contributed by atoms with van der Waals surface area (Å²) in [4.78, 5) is 20.7. The highest BCUT2D eigenvalue weighted by atomic mass is 79.9. The van der Waals surface area contributed by atoms with Gasteiger partial charge in [0, 0.05) is 11.0 Å². The molecule has 0 aliphatic carbocycles. The maximum absolute atomic E-state index is 10.7. The van der Waals surface area contributed by atoms with Crippen molar-refractivity contribution >= 4 is 28.1 Å². The van der Waals surface area contributed by atoms with Gasteiger partial charge in [-0.2, -0.15) is 0 Å². The van der Waals surface area contributed by atoms with Gasteiger partial charge in [-0.15, -0.1) is 0 Å². The van der Waals surface area contributed by atoms with Crippen LogP contribution in [-0.4, -0.2) is 18.7 Å². The van der Waals surface area contributed by atoms with E-state index in [9.17, 15) is 9.59 Å². The van der Waals surface area contributed by atoms with E-state index >= 15 is 0 Å². The van der Waals surface area contributed by atoms with E-state index in [-0.39, 0.29) is 6.29 Å². The van der Waals surface area contributed by atoms with E-state index in [1.165, 1.54) is 5.56 Å². The zero-order valence-electron chi connectivity index (χ0n) is 8.42. The Balaban J connectivity index is 2.53. The summed E-state index contributed by atoms with van der Waals surface area (Å²) in [5.74, 6) is -0.567. The first kappa shape index (κ1) is 11.9. The maximum atomic E-state index is 10.7. The molecule has 0 heterocycles. The number of halogens is 1. The van der Waals surface area contributed by atoms with Crippen LogP contribution in [0.2, 0.25) is 0 Å². The molecular formula is C11H12BrNO2. The maximum Gasteiger partial charge on any atom is 0.284 e. The summed E-state index contributed by atoms with van der Waals surface area (Å²) >= 11 is 3.39. The average Bonchev–Trinajstić information content (AvgIpc) is 2.23. The third-order valence-electron chi connectivity index (χ3n) is 2.11. The van der Waals surface area contributed by atoms with Crippen molar-refractivity contribution in [1.29, 1.82) is 0 Å². The molecule has 1 aromatic carbocycles. The normalized spacial score (nSPS) is 9.73. The van der Waals surface area contributed by atoms with Gasteiger partial charge in [-0.3, -0.25) is 9.59 Å². The molecule has 15 heavy (non-hydrogen) atoms. The van der Waals surface area contributed by atoms with E-state index in [2.05, 4.69) is 21.2 Å². The number of carbonyl (C=O) groups is 2. The number of hydrogen-bond acceptors (Lipinski definition) is 2. The second-order valence-electron chi connectivity index (χ2n) is 3.23. The van der Waals surface area contributed by atoms with E-state index < -0.39 is 5.91 Å². The second-order valence-corrected chi connectivity index (χ2v) is 4.15. The number of aryl methyl sites for hydroxylation is 1. The Morgan fingerprint density at radius 3 is 2.93 bits per heavy atom. The van der Waals surface area contributed by atoms with Gasteiger partial charge in [-0.25, -0.2) is 0 Å². The van der Waals surface area contributed by atoms with Gasteiger partial charge < -0.3 is 5.32 Å². The van der Waals surface area contributed by atoms with Gasteiger partial charge in [0.1, 0.15) is 0 Å². The molecule has 0 fully saturated rings. The van der Waals surface area contributed by atoms with Crippen molar-refractivity contribution in [2.75, 3.05) is 6.54 Å². The lowest BCUT2D eigenvalue weighted by Crippen LogP contribution is -2.26. The van der Waals surface area contributed by atoms with Crippen LogP contribution in [0.3, 0.4) is 0 Å². The molecule has 1 aromatic rings. The smallest absolute Gasteiger partial charge is 0.284 e. The highest BCUT2D eigenvalue weighted by molar-refractivity contribution is 9.10. The average molecular weight is 270 g/mol. The largest absolute Gasteiger partial charge is 0.349 e. The molecule has 0 radical (unpaired) electrons. The molecule has 1 amide bonds. The number of rotatable bonds is 4. The molecule has 0 saturated carbocycles. The van der Waals surface area contributed by atoms with Crippen LogP contribution in [0.15, 0.2) is 22.7 Å². The van der Waals surface area contributed by atoms with Crippen molar-refractivity contribution in [2.45, 2.75) is 13.3 Å². The van der Waals surface area contributed by atoms with Crippen LogP contribution in [0, 0.1) is 6.92 Å². The summed E-state index contributed by atoms with van der Waals surface area (Å²) in [6.45, 7) is 2.50. The summed E-state index contributed by atoms with van der Waals surface area (Å²) in [5, 5.41) is 2.51. The monoisotopic (exact) mass is 269 g/mol. The van der Waals surface area contributed by atoms with Crippen LogP contribution >= 0.6 is 15.9 Å². The molecule has 3 nitrogen and oxygen atoms in total. The summed E-state index contributed by atoms with van der Waals surface area (Å²) in [6, 6.07) is 6.01. The first-order valence-corrected chi connectivity index (χ1v) is 5.41. The zero-order chi connectivity index (χ0) is 11.3. The summed E-state index contributed by atoms with van der Waals surface area (Å²) in [5.41, 5.74) is 2.34. The quantitative estimate of drug-likeness (QED) is 0.667. The number of benzene rings is 1. The van der Waals surface area contributed by atoms with Gasteiger partial charge in [-0.1, -0.05) is 22.0 Å². The molecule has 0 aromatic heterocycles. The second kappa shape index (κ2) is 5.66. The number of aldehydes is 1. The summed E-state index contributed by atoms with van der Waals surface area (Å²) in [7, 11) is 0. The molecule has 4 heteroatoms. The summed E-state index contributed by atoms with van der Waals surface area (Å²) < 4.78 is 1.02. The van der Waals surface area contributed by atoms with E-state index in [0.717, 1.165) is 16.5 Å². The van der Waals surface area contributed by atoms with Crippen molar-refractivity contribution in [3.05, 3.63) is 33.8 Å². The highest BCUT2D eigenvalue weighted by Gasteiger charge is 2.01. The van der Waals surface area contributed by atoms with Crippen molar-refractivity contribution in [3.63, 3.8) is 0 Å². The van der Waals surface area contributed by atoms with Crippen LogP contribution in [0.4, 0.5) is 0 Å². The zero-order valence-corrected chi connectivity index (χ0v) is 10.0. The minimum Gasteiger partial charge on any atom is -0.349 e. The predicted octanol–water partition coefficient (Wildman–Crippen LogP) is 1.62. The number of nitrogens with one attached hydrogen (secondary N) is 1. The van der Waals surface area contributed by atoms with Gasteiger partial charge in [0.25, 0.3) is 5.91 Å². The SMILES string of the molecule is Cc1ccc(Br)cc1CCNC(=O)C=O. The molecule has 80 valence electrons. The minimum atomic E-state index is -0.567. The van der Waals surface area contributed by atoms with Crippen LogP contribution in [0.1, 0.15) is 11.1 Å². The van der Waals surface area contributed by atoms with Crippen LogP contribution in [0.25, 0.3) is 0 Å². The van der Waals surface area contributed by atoms with Gasteiger partial charge in [0.15, 0.2) is 0 Å². The third-order valence-corrected chi connectivity index (χ3v) is 2.61. The number of amides is 1. The molecule has 0 spiro atoms. The van der Waals surface area contributed by atoms with Gasteiger partial charge >= 0.3 is 0 Å². The van der Waals surface area contributed by atoms with Crippen molar-refractivity contribution < 1.29 is 9.59 Å². The van der Waals surface area contributed by atoms with Gasteiger partial charge in [0.2, 0.25) is 6.29 Å². The minimum absolute atomic E-state index is 0.285. The molecule has 0 atom stereocenters. The molecule has 0 unspecified atom stereocenters. The Hall–Kier alpha value is -1.16. The molecule has 0 saturated heterocycles. The van der Waals surface area contributed by atoms with E-state index in [1.54, 1.807) is 0 Å². The lowest BCUT2D eigenvalue weighted by molar-refractivity contribution is -0.131. The fourth-order valence-electron chi connectivity index (χ4n) is 1.27. The first-order chi connectivity index (χ1) is 7.13. The Morgan fingerprint density at radius 1 is 1.53 bits per heavy atom. The molecule has 0 bridgehead atoms. The Kier molecular flexibility index (Phi) is 4.49. The van der Waals surface area contributed by atoms with Crippen molar-refractivity contribution in [2.24, 2.45) is 0 Å².